The van der Waals surface area contributed by atoms with E-state index in [0.717, 1.165) is 88.4 Å². The number of rotatable bonds is 6. The third-order valence-electron chi connectivity index (χ3n) is 12.6. The molecule has 5 nitrogen and oxygen atoms in total. The Labute approximate surface area is 371 Å². The molecule has 0 saturated heterocycles. The summed E-state index contributed by atoms with van der Waals surface area (Å²) in [5.41, 5.74) is 13.8. The second-order valence-electron chi connectivity index (χ2n) is 17.6. The molecule has 5 heteroatoms. The first kappa shape index (κ1) is 37.6. The fourth-order valence-corrected chi connectivity index (χ4v) is 9.41. The molecule has 3 aromatic heterocycles. The first-order valence-electron chi connectivity index (χ1n) is 21.8. The van der Waals surface area contributed by atoms with Crippen LogP contribution >= 0.6 is 0 Å². The van der Waals surface area contributed by atoms with E-state index in [1.807, 2.05) is 30.3 Å². The van der Waals surface area contributed by atoms with Crippen molar-refractivity contribution in [2.45, 2.75) is 26.2 Å². The maximum atomic E-state index is 6.46. The highest BCUT2D eigenvalue weighted by molar-refractivity contribution is 6.13. The quantitative estimate of drug-likeness (QED) is 0.168. The molecule has 9 aromatic carbocycles. The predicted molar refractivity (Wildman–Crippen MR) is 265 cm³/mol. The van der Waals surface area contributed by atoms with Crippen LogP contribution in [0.15, 0.2) is 205 Å². The van der Waals surface area contributed by atoms with Crippen molar-refractivity contribution < 1.29 is 4.42 Å². The second-order valence-corrected chi connectivity index (χ2v) is 17.6. The van der Waals surface area contributed by atoms with Gasteiger partial charge in [-0.25, -0.2) is 15.0 Å². The van der Waals surface area contributed by atoms with E-state index in [-0.39, 0.29) is 5.41 Å². The number of benzene rings is 9. The van der Waals surface area contributed by atoms with Gasteiger partial charge >= 0.3 is 0 Å². The van der Waals surface area contributed by atoms with Gasteiger partial charge in [-0.3, -0.25) is 0 Å². The zero-order valence-corrected chi connectivity index (χ0v) is 35.7. The van der Waals surface area contributed by atoms with Crippen LogP contribution in [0.4, 0.5) is 0 Å². The van der Waals surface area contributed by atoms with Crippen molar-refractivity contribution in [1.82, 2.24) is 19.5 Å². The van der Waals surface area contributed by atoms with Gasteiger partial charge in [-0.05, 0) is 81.6 Å². The van der Waals surface area contributed by atoms with Crippen LogP contribution in [0.2, 0.25) is 0 Å². The molecule has 0 radical (unpaired) electrons. The normalized spacial score (nSPS) is 12.0. The summed E-state index contributed by atoms with van der Waals surface area (Å²) in [6.07, 6.45) is 0. The molecule has 0 bridgehead atoms. The van der Waals surface area contributed by atoms with Crippen LogP contribution in [0, 0.1) is 0 Å². The average molecular weight is 823 g/mol. The van der Waals surface area contributed by atoms with Crippen molar-refractivity contribution >= 4 is 54.5 Å². The lowest BCUT2D eigenvalue weighted by Crippen LogP contribution is -2.10. The minimum Gasteiger partial charge on any atom is -0.455 e. The molecule has 0 atom stereocenters. The topological polar surface area (TPSA) is 56.7 Å². The van der Waals surface area contributed by atoms with Gasteiger partial charge in [0.2, 0.25) is 0 Å². The summed E-state index contributed by atoms with van der Waals surface area (Å²) in [6.45, 7) is 6.75. The predicted octanol–water partition coefficient (Wildman–Crippen LogP) is 15.7. The molecular weight excluding hydrogens is 781 g/mol. The van der Waals surface area contributed by atoms with Gasteiger partial charge < -0.3 is 8.98 Å². The van der Waals surface area contributed by atoms with Crippen molar-refractivity contribution in [3.05, 3.63) is 206 Å². The lowest BCUT2D eigenvalue weighted by atomic mass is 9.85. The van der Waals surface area contributed by atoms with E-state index < -0.39 is 0 Å². The third kappa shape index (κ3) is 6.27. The first-order chi connectivity index (χ1) is 31.4. The van der Waals surface area contributed by atoms with Gasteiger partial charge in [0.25, 0.3) is 0 Å². The average Bonchev–Trinajstić information content (AvgIpc) is 3.89. The Morgan fingerprint density at radius 3 is 1.75 bits per heavy atom. The second kappa shape index (κ2) is 14.7. The van der Waals surface area contributed by atoms with Crippen molar-refractivity contribution in [3.8, 4) is 62.1 Å². The minimum absolute atomic E-state index is 0.0662. The van der Waals surface area contributed by atoms with E-state index in [0.29, 0.717) is 17.5 Å². The summed E-state index contributed by atoms with van der Waals surface area (Å²) in [4.78, 5) is 15.6. The molecule has 64 heavy (non-hydrogen) atoms. The van der Waals surface area contributed by atoms with Gasteiger partial charge in [0.05, 0.1) is 11.0 Å². The molecule has 0 aliphatic rings. The van der Waals surface area contributed by atoms with Gasteiger partial charge in [-0.15, -0.1) is 0 Å². The Morgan fingerprint density at radius 2 is 0.984 bits per heavy atom. The molecule has 0 N–H and O–H groups in total. The number of hydrogen-bond acceptors (Lipinski definition) is 4. The number of nitrogens with zero attached hydrogens (tertiary/aromatic N) is 4. The Bertz CT molecular complexity index is 3740. The van der Waals surface area contributed by atoms with Crippen molar-refractivity contribution in [1.29, 1.82) is 0 Å². The molecular formula is C59H42N4O. The van der Waals surface area contributed by atoms with Crippen molar-refractivity contribution in [3.63, 3.8) is 0 Å². The largest absolute Gasteiger partial charge is 0.455 e. The first-order valence-corrected chi connectivity index (χ1v) is 21.8. The summed E-state index contributed by atoms with van der Waals surface area (Å²) < 4.78 is 8.81. The molecule has 0 aliphatic carbocycles. The lowest BCUT2D eigenvalue weighted by Gasteiger charge is -2.19. The zero-order chi connectivity index (χ0) is 42.9. The number of para-hydroxylation sites is 3. The molecule has 0 amide bonds. The summed E-state index contributed by atoms with van der Waals surface area (Å²) >= 11 is 0. The van der Waals surface area contributed by atoms with Crippen LogP contribution in [0.1, 0.15) is 26.3 Å². The zero-order valence-electron chi connectivity index (χ0n) is 35.7. The highest BCUT2D eigenvalue weighted by Gasteiger charge is 2.20. The van der Waals surface area contributed by atoms with Gasteiger partial charge in [0.15, 0.2) is 17.5 Å². The number of furan rings is 1. The summed E-state index contributed by atoms with van der Waals surface area (Å²) in [7, 11) is 0. The SMILES string of the molecule is CC(C)(C)c1ccc(-c2cccc3cccc(-c4nc(-c5ccccc5)nc(-c5ccc(-n6c7ccccc7c7cc(-c8cccc9c8oc8ccccc89)ccc76)cc5)n4)c23)cc1. The van der Waals surface area contributed by atoms with Gasteiger partial charge in [-0.1, -0.05) is 172 Å². The molecule has 0 spiro atoms. The van der Waals surface area contributed by atoms with E-state index in [2.05, 4.69) is 195 Å². The van der Waals surface area contributed by atoms with E-state index in [9.17, 15) is 0 Å². The third-order valence-corrected chi connectivity index (χ3v) is 12.6. The van der Waals surface area contributed by atoms with E-state index in [4.69, 9.17) is 19.4 Å². The number of aromatic nitrogens is 4. The molecule has 304 valence electrons. The van der Waals surface area contributed by atoms with E-state index >= 15 is 0 Å². The summed E-state index contributed by atoms with van der Waals surface area (Å²) in [5, 5.41) is 6.87. The molecule has 12 rings (SSSR count). The molecule has 12 aromatic rings. The number of hydrogen-bond donors (Lipinski definition) is 0. The van der Waals surface area contributed by atoms with Crippen LogP contribution in [0.3, 0.4) is 0 Å². The molecule has 0 fully saturated rings. The van der Waals surface area contributed by atoms with Gasteiger partial charge in [-0.2, -0.15) is 0 Å². The van der Waals surface area contributed by atoms with Crippen molar-refractivity contribution in [2.24, 2.45) is 0 Å². The fourth-order valence-electron chi connectivity index (χ4n) is 9.41. The molecule has 3 heterocycles. The van der Waals surface area contributed by atoms with Crippen LogP contribution in [-0.4, -0.2) is 19.5 Å². The Kier molecular flexibility index (Phi) is 8.66. The highest BCUT2D eigenvalue weighted by atomic mass is 16.3. The summed E-state index contributed by atoms with van der Waals surface area (Å²) in [6, 6.07) is 70.7. The van der Waals surface area contributed by atoms with Crippen LogP contribution in [-0.2, 0) is 5.41 Å². The standard InChI is InChI=1S/C59H42N4O/c1-59(2,3)42-31-26-37(27-32-42)44-20-11-16-38-17-12-23-49(54(38)44)58-61-56(39-14-5-4-6-15-39)60-57(62-58)40-28-33-43(34-29-40)63-51-24-9-7-18-46(51)50-36-41(30-35-52(50)63)45-21-13-22-48-47-19-8-10-25-53(47)64-55(45)48/h4-36H,1-3H3. The Balaban J connectivity index is 0.973. The van der Waals surface area contributed by atoms with Crippen LogP contribution < -0.4 is 0 Å². The van der Waals surface area contributed by atoms with Gasteiger partial charge in [0, 0.05) is 54.9 Å². The highest BCUT2D eigenvalue weighted by Crippen LogP contribution is 2.41. The van der Waals surface area contributed by atoms with Gasteiger partial charge in [0.1, 0.15) is 11.2 Å². The lowest BCUT2D eigenvalue weighted by molar-refractivity contribution is 0.590. The minimum atomic E-state index is 0.0662. The summed E-state index contributed by atoms with van der Waals surface area (Å²) in [5.74, 6) is 1.88. The fraction of sp³-hybridized carbons (Fsp3) is 0.0678. The smallest absolute Gasteiger partial charge is 0.164 e. The number of fused-ring (bicyclic) bond motifs is 7. The molecule has 0 saturated carbocycles. The van der Waals surface area contributed by atoms with E-state index in [1.54, 1.807) is 0 Å². The van der Waals surface area contributed by atoms with Crippen LogP contribution in [0.25, 0.3) is 117 Å². The maximum Gasteiger partial charge on any atom is 0.164 e. The molecule has 0 aliphatic heterocycles. The van der Waals surface area contributed by atoms with E-state index in [1.165, 1.54) is 16.3 Å². The monoisotopic (exact) mass is 822 g/mol. The van der Waals surface area contributed by atoms with Crippen LogP contribution in [0.5, 0.6) is 0 Å². The molecule has 0 unspecified atom stereocenters. The Hall–Kier alpha value is -8.15. The Morgan fingerprint density at radius 1 is 0.406 bits per heavy atom. The maximum absolute atomic E-state index is 6.46. The van der Waals surface area contributed by atoms with Crippen molar-refractivity contribution in [2.75, 3.05) is 0 Å².